The Labute approximate surface area is 122 Å². The molecule has 110 valence electrons. The Hall–Kier alpha value is -1.41. The molecular formula is C14H24N2O2Si2. The minimum atomic E-state index is -1.87. The predicted octanol–water partition coefficient (Wildman–Crippen LogP) is 1.76. The average Bonchev–Trinajstić information content (AvgIpc) is 2.24. The van der Waals surface area contributed by atoms with E-state index in [0.717, 1.165) is 5.19 Å². The summed E-state index contributed by atoms with van der Waals surface area (Å²) in [5.41, 5.74) is 6.16. The topological polar surface area (TPSA) is 87.2 Å². The van der Waals surface area contributed by atoms with Crippen LogP contribution in [0, 0.1) is 5.41 Å². The van der Waals surface area contributed by atoms with E-state index in [-0.39, 0.29) is 11.4 Å². The second-order valence-electron chi connectivity index (χ2n) is 7.13. The third-order valence-electron chi connectivity index (χ3n) is 3.27. The zero-order valence-electron chi connectivity index (χ0n) is 13.1. The van der Waals surface area contributed by atoms with Crippen molar-refractivity contribution in [3.63, 3.8) is 0 Å². The Morgan fingerprint density at radius 2 is 1.60 bits per heavy atom. The molecule has 0 amide bonds. The Bertz CT molecular complexity index is 570. The summed E-state index contributed by atoms with van der Waals surface area (Å²) in [4.78, 5) is 11.8. The lowest BCUT2D eigenvalue weighted by molar-refractivity contribution is 0.0698. The predicted molar refractivity (Wildman–Crippen MR) is 90.4 cm³/mol. The van der Waals surface area contributed by atoms with Gasteiger partial charge < -0.3 is 10.8 Å². The normalized spacial score (nSPS) is 12.3. The van der Waals surface area contributed by atoms with Crippen LogP contribution in [0.1, 0.15) is 15.9 Å². The fourth-order valence-electron chi connectivity index (χ4n) is 2.45. The van der Waals surface area contributed by atoms with E-state index in [4.69, 9.17) is 11.1 Å². The van der Waals surface area contributed by atoms with Crippen LogP contribution >= 0.6 is 0 Å². The number of hydrogen-bond donors (Lipinski definition) is 3. The SMILES string of the molecule is C[Si](C)(C)c1ccc(C(=N)N)c(C(=O)O)c1[Si](C)(C)C. The highest BCUT2D eigenvalue weighted by atomic mass is 28.3. The molecular weight excluding hydrogens is 284 g/mol. The third-order valence-corrected chi connectivity index (χ3v) is 7.57. The molecule has 0 radical (unpaired) electrons. The molecule has 0 aliphatic carbocycles. The van der Waals surface area contributed by atoms with Gasteiger partial charge in [-0.3, -0.25) is 5.41 Å². The number of nitrogens with two attached hydrogens (primary N) is 1. The van der Waals surface area contributed by atoms with Gasteiger partial charge in [0.15, 0.2) is 0 Å². The molecule has 0 aromatic heterocycles. The van der Waals surface area contributed by atoms with Crippen LogP contribution in [-0.2, 0) is 0 Å². The number of hydrogen-bond acceptors (Lipinski definition) is 2. The summed E-state index contributed by atoms with van der Waals surface area (Å²) in [6.07, 6.45) is 0. The maximum Gasteiger partial charge on any atom is 0.336 e. The van der Waals surface area contributed by atoms with Crippen LogP contribution in [0.4, 0.5) is 0 Å². The van der Waals surface area contributed by atoms with Crippen molar-refractivity contribution in [2.45, 2.75) is 39.3 Å². The van der Waals surface area contributed by atoms with Gasteiger partial charge in [0.1, 0.15) is 5.84 Å². The maximum atomic E-state index is 11.8. The molecule has 6 heteroatoms. The van der Waals surface area contributed by atoms with Crippen LogP contribution < -0.4 is 16.1 Å². The van der Waals surface area contributed by atoms with Gasteiger partial charge in [-0.25, -0.2) is 4.79 Å². The first-order valence-electron chi connectivity index (χ1n) is 6.63. The zero-order chi connectivity index (χ0) is 15.9. The van der Waals surface area contributed by atoms with Crippen LogP contribution in [0.25, 0.3) is 0 Å². The second-order valence-corrected chi connectivity index (χ2v) is 17.2. The Kier molecular flexibility index (Phi) is 4.31. The van der Waals surface area contributed by atoms with Crippen molar-refractivity contribution in [3.05, 3.63) is 23.3 Å². The number of carboxylic acid groups (broad SMARTS) is 1. The number of amidine groups is 1. The molecule has 1 rings (SSSR count). The van der Waals surface area contributed by atoms with Crippen LogP contribution in [0.2, 0.25) is 39.3 Å². The highest BCUT2D eigenvalue weighted by Gasteiger charge is 2.33. The van der Waals surface area contributed by atoms with Gasteiger partial charge in [-0.2, -0.15) is 0 Å². The molecule has 0 aliphatic heterocycles. The van der Waals surface area contributed by atoms with E-state index in [0.29, 0.717) is 5.56 Å². The van der Waals surface area contributed by atoms with Gasteiger partial charge in [-0.05, 0) is 5.19 Å². The van der Waals surface area contributed by atoms with Gasteiger partial charge in [0.2, 0.25) is 0 Å². The summed E-state index contributed by atoms with van der Waals surface area (Å²) in [7, 11) is -3.53. The minimum absolute atomic E-state index is 0.177. The fraction of sp³-hybridized carbons (Fsp3) is 0.429. The Morgan fingerprint density at radius 3 is 1.90 bits per heavy atom. The number of carbonyl (C=O) groups is 1. The summed E-state index contributed by atoms with van der Waals surface area (Å²) in [5.74, 6) is -1.16. The number of carboxylic acids is 1. The molecule has 0 heterocycles. The first kappa shape index (κ1) is 16.6. The van der Waals surface area contributed by atoms with Crippen LogP contribution in [0.15, 0.2) is 12.1 Å². The van der Waals surface area contributed by atoms with Crippen molar-refractivity contribution in [2.24, 2.45) is 5.73 Å². The number of aromatic carboxylic acids is 1. The quantitative estimate of drug-likeness (QED) is 0.450. The summed E-state index contributed by atoms with van der Waals surface area (Å²) in [6, 6.07) is 3.69. The number of benzene rings is 1. The van der Waals surface area contributed by atoms with Crippen molar-refractivity contribution in [1.82, 2.24) is 0 Å². The standard InChI is InChI=1S/C14H24N2O2Si2/c1-19(2,3)10-8-7-9(13(15)16)11(14(17)18)12(10)20(4,5)6/h7-8H,1-6H3,(H3,15,16)(H,17,18). The lowest BCUT2D eigenvalue weighted by atomic mass is 10.1. The van der Waals surface area contributed by atoms with Crippen molar-refractivity contribution in [2.75, 3.05) is 0 Å². The van der Waals surface area contributed by atoms with Crippen LogP contribution in [0.3, 0.4) is 0 Å². The molecule has 1 aromatic rings. The molecule has 1 aromatic carbocycles. The molecule has 0 unspecified atom stereocenters. The maximum absolute atomic E-state index is 11.8. The summed E-state index contributed by atoms with van der Waals surface area (Å²) < 4.78 is 0. The lowest BCUT2D eigenvalue weighted by Crippen LogP contribution is -2.58. The molecule has 0 bridgehead atoms. The second kappa shape index (κ2) is 5.18. The van der Waals surface area contributed by atoms with Crippen molar-refractivity contribution >= 4 is 38.3 Å². The minimum Gasteiger partial charge on any atom is -0.478 e. The molecule has 4 nitrogen and oxygen atoms in total. The third kappa shape index (κ3) is 3.18. The number of nitrogen functional groups attached to an aromatic ring is 1. The van der Waals surface area contributed by atoms with E-state index in [1.165, 1.54) is 5.19 Å². The Balaban J connectivity index is 3.91. The van der Waals surface area contributed by atoms with Crippen LogP contribution in [-0.4, -0.2) is 33.1 Å². The van der Waals surface area contributed by atoms with Gasteiger partial charge in [-0.15, -0.1) is 0 Å². The fourth-order valence-corrected chi connectivity index (χ4v) is 8.04. The molecule has 20 heavy (non-hydrogen) atoms. The molecule has 0 aliphatic rings. The van der Waals surface area contributed by atoms with Gasteiger partial charge in [0.05, 0.1) is 21.7 Å². The van der Waals surface area contributed by atoms with E-state index < -0.39 is 22.1 Å². The molecule has 4 N–H and O–H groups in total. The summed E-state index contributed by atoms with van der Waals surface area (Å²) >= 11 is 0. The van der Waals surface area contributed by atoms with Gasteiger partial charge in [-0.1, -0.05) is 56.6 Å². The number of rotatable bonds is 4. The van der Waals surface area contributed by atoms with E-state index in [2.05, 4.69) is 39.3 Å². The summed E-state index contributed by atoms with van der Waals surface area (Å²) in [6.45, 7) is 13.1. The van der Waals surface area contributed by atoms with Gasteiger partial charge >= 0.3 is 5.97 Å². The monoisotopic (exact) mass is 308 g/mol. The van der Waals surface area contributed by atoms with E-state index in [9.17, 15) is 9.90 Å². The molecule has 0 saturated carbocycles. The van der Waals surface area contributed by atoms with Crippen molar-refractivity contribution < 1.29 is 9.90 Å². The summed E-state index contributed by atoms with van der Waals surface area (Å²) in [5, 5.41) is 19.4. The molecule has 0 saturated heterocycles. The highest BCUT2D eigenvalue weighted by molar-refractivity contribution is 6.99. The Morgan fingerprint density at radius 1 is 1.10 bits per heavy atom. The average molecular weight is 309 g/mol. The van der Waals surface area contributed by atoms with E-state index in [1.54, 1.807) is 6.07 Å². The van der Waals surface area contributed by atoms with E-state index >= 15 is 0 Å². The molecule has 0 fully saturated rings. The molecule has 0 atom stereocenters. The first-order chi connectivity index (χ1) is 8.87. The van der Waals surface area contributed by atoms with Crippen molar-refractivity contribution in [3.8, 4) is 0 Å². The van der Waals surface area contributed by atoms with Gasteiger partial charge in [0, 0.05) is 5.56 Å². The zero-order valence-corrected chi connectivity index (χ0v) is 15.1. The lowest BCUT2D eigenvalue weighted by Gasteiger charge is -2.30. The van der Waals surface area contributed by atoms with Crippen molar-refractivity contribution in [1.29, 1.82) is 5.41 Å². The number of nitrogens with one attached hydrogen (secondary N) is 1. The van der Waals surface area contributed by atoms with E-state index in [1.807, 2.05) is 6.07 Å². The smallest absolute Gasteiger partial charge is 0.336 e. The largest absolute Gasteiger partial charge is 0.478 e. The highest BCUT2D eigenvalue weighted by Crippen LogP contribution is 2.15. The molecule has 0 spiro atoms. The first-order valence-corrected chi connectivity index (χ1v) is 13.6. The van der Waals surface area contributed by atoms with Crippen LogP contribution in [0.5, 0.6) is 0 Å². The van der Waals surface area contributed by atoms with Gasteiger partial charge in [0.25, 0.3) is 0 Å².